The van der Waals surface area contributed by atoms with Crippen molar-refractivity contribution in [2.45, 2.75) is 26.8 Å². The van der Waals surface area contributed by atoms with E-state index in [-0.39, 0.29) is 18.6 Å². The van der Waals surface area contributed by atoms with Gasteiger partial charge in [0.25, 0.3) is 5.91 Å². The van der Waals surface area contributed by atoms with Crippen LogP contribution in [0.2, 0.25) is 0 Å². The summed E-state index contributed by atoms with van der Waals surface area (Å²) in [6.07, 6.45) is 0. The van der Waals surface area contributed by atoms with E-state index in [0.29, 0.717) is 17.2 Å². The Balaban J connectivity index is 1.96. The summed E-state index contributed by atoms with van der Waals surface area (Å²) in [5.41, 5.74) is 3.46. The molecule has 2 aromatic rings. The third kappa shape index (κ3) is 5.14. The molecule has 1 N–H and O–H groups in total. The summed E-state index contributed by atoms with van der Waals surface area (Å²) in [6, 6.07) is 11.3. The van der Waals surface area contributed by atoms with Gasteiger partial charge in [0.2, 0.25) is 0 Å². The molecular formula is C20H25NO4. The maximum atomic E-state index is 12.2. The van der Waals surface area contributed by atoms with E-state index >= 15 is 0 Å². The third-order valence-electron chi connectivity index (χ3n) is 3.96. The minimum absolute atomic E-state index is 0.0778. The van der Waals surface area contributed by atoms with E-state index in [2.05, 4.69) is 18.3 Å². The Morgan fingerprint density at radius 3 is 2.16 bits per heavy atom. The molecule has 2 aromatic carbocycles. The van der Waals surface area contributed by atoms with Crippen molar-refractivity contribution in [2.75, 3.05) is 20.8 Å². The van der Waals surface area contributed by atoms with Gasteiger partial charge in [-0.25, -0.2) is 0 Å². The van der Waals surface area contributed by atoms with Crippen molar-refractivity contribution >= 4 is 5.91 Å². The molecule has 0 radical (unpaired) electrons. The summed E-state index contributed by atoms with van der Waals surface area (Å²) < 4.78 is 15.9. The molecule has 25 heavy (non-hydrogen) atoms. The lowest BCUT2D eigenvalue weighted by atomic mass is 10.0. The second kappa shape index (κ2) is 8.42. The molecule has 2 rings (SSSR count). The first-order valence-corrected chi connectivity index (χ1v) is 8.15. The minimum atomic E-state index is -0.186. The average Bonchev–Trinajstić information content (AvgIpc) is 2.59. The summed E-state index contributed by atoms with van der Waals surface area (Å²) >= 11 is 0. The molecule has 1 atom stereocenters. The predicted octanol–water partition coefficient (Wildman–Crippen LogP) is 3.58. The van der Waals surface area contributed by atoms with E-state index in [1.54, 1.807) is 32.4 Å². The quantitative estimate of drug-likeness (QED) is 0.835. The molecule has 0 fully saturated rings. The Bertz CT molecular complexity index is 720. The van der Waals surface area contributed by atoms with Crippen molar-refractivity contribution in [3.8, 4) is 17.2 Å². The molecule has 0 spiro atoms. The van der Waals surface area contributed by atoms with Gasteiger partial charge in [0.15, 0.2) is 6.61 Å². The normalized spacial score (nSPS) is 11.6. The van der Waals surface area contributed by atoms with Gasteiger partial charge < -0.3 is 19.5 Å². The number of nitrogens with one attached hydrogen (secondary N) is 1. The van der Waals surface area contributed by atoms with Gasteiger partial charge in [-0.3, -0.25) is 4.79 Å². The highest BCUT2D eigenvalue weighted by Gasteiger charge is 2.13. The minimum Gasteiger partial charge on any atom is -0.496 e. The fourth-order valence-electron chi connectivity index (χ4n) is 2.69. The van der Waals surface area contributed by atoms with Crippen molar-refractivity contribution in [1.29, 1.82) is 0 Å². The van der Waals surface area contributed by atoms with E-state index in [9.17, 15) is 4.79 Å². The summed E-state index contributed by atoms with van der Waals surface area (Å²) in [5, 5.41) is 2.96. The molecule has 134 valence electrons. The Kier molecular flexibility index (Phi) is 6.28. The van der Waals surface area contributed by atoms with E-state index in [1.807, 2.05) is 26.0 Å². The zero-order chi connectivity index (χ0) is 18.4. The Labute approximate surface area is 148 Å². The van der Waals surface area contributed by atoms with Crippen LogP contribution in [0.5, 0.6) is 17.2 Å². The van der Waals surface area contributed by atoms with Crippen molar-refractivity contribution in [3.05, 3.63) is 53.1 Å². The largest absolute Gasteiger partial charge is 0.496 e. The third-order valence-corrected chi connectivity index (χ3v) is 3.96. The van der Waals surface area contributed by atoms with Crippen LogP contribution in [0, 0.1) is 13.8 Å². The smallest absolute Gasteiger partial charge is 0.258 e. The highest BCUT2D eigenvalue weighted by atomic mass is 16.5. The van der Waals surface area contributed by atoms with E-state index in [0.717, 1.165) is 11.1 Å². The molecule has 5 heteroatoms. The lowest BCUT2D eigenvalue weighted by Gasteiger charge is -2.17. The van der Waals surface area contributed by atoms with Crippen LogP contribution in [0.25, 0.3) is 0 Å². The maximum absolute atomic E-state index is 12.2. The number of rotatable bonds is 7. The SMILES string of the molecule is COc1cc(OC)cc(OCC(=O)N[C@H](C)c2ccc(C)cc2C)c1. The van der Waals surface area contributed by atoms with Gasteiger partial charge in [-0.15, -0.1) is 0 Å². The van der Waals surface area contributed by atoms with Gasteiger partial charge in [0.1, 0.15) is 17.2 Å². The highest BCUT2D eigenvalue weighted by Crippen LogP contribution is 2.27. The second-order valence-electron chi connectivity index (χ2n) is 5.99. The number of carbonyl (C=O) groups is 1. The number of ether oxygens (including phenoxy) is 3. The summed E-state index contributed by atoms with van der Waals surface area (Å²) in [6.45, 7) is 5.98. The highest BCUT2D eigenvalue weighted by molar-refractivity contribution is 5.78. The fraction of sp³-hybridized carbons (Fsp3) is 0.350. The summed E-state index contributed by atoms with van der Waals surface area (Å²) in [7, 11) is 3.13. The lowest BCUT2D eigenvalue weighted by Crippen LogP contribution is -2.31. The first-order valence-electron chi connectivity index (χ1n) is 8.15. The monoisotopic (exact) mass is 343 g/mol. The van der Waals surface area contributed by atoms with E-state index in [1.165, 1.54) is 5.56 Å². The van der Waals surface area contributed by atoms with Gasteiger partial charge in [-0.1, -0.05) is 23.8 Å². The molecule has 1 amide bonds. The number of amides is 1. The molecule has 0 heterocycles. The molecule has 0 saturated heterocycles. The van der Waals surface area contributed by atoms with Gasteiger partial charge in [-0.2, -0.15) is 0 Å². The van der Waals surface area contributed by atoms with Crippen LogP contribution >= 0.6 is 0 Å². The fourth-order valence-corrected chi connectivity index (χ4v) is 2.69. The van der Waals surface area contributed by atoms with Crippen LogP contribution in [0.1, 0.15) is 29.7 Å². The molecule has 0 unspecified atom stereocenters. The van der Waals surface area contributed by atoms with Crippen molar-refractivity contribution in [2.24, 2.45) is 0 Å². The molecule has 0 aromatic heterocycles. The molecule has 5 nitrogen and oxygen atoms in total. The number of methoxy groups -OCH3 is 2. The van der Waals surface area contributed by atoms with E-state index < -0.39 is 0 Å². The van der Waals surface area contributed by atoms with Crippen LogP contribution in [0.4, 0.5) is 0 Å². The van der Waals surface area contributed by atoms with Crippen molar-refractivity contribution in [3.63, 3.8) is 0 Å². The first-order chi connectivity index (χ1) is 11.9. The Morgan fingerprint density at radius 1 is 1.00 bits per heavy atom. The van der Waals surface area contributed by atoms with Crippen LogP contribution in [-0.4, -0.2) is 26.7 Å². The first kappa shape index (κ1) is 18.6. The average molecular weight is 343 g/mol. The number of hydrogen-bond acceptors (Lipinski definition) is 4. The number of hydrogen-bond donors (Lipinski definition) is 1. The van der Waals surface area contributed by atoms with Crippen LogP contribution in [-0.2, 0) is 4.79 Å². The van der Waals surface area contributed by atoms with Gasteiger partial charge >= 0.3 is 0 Å². The van der Waals surface area contributed by atoms with Crippen LogP contribution in [0.15, 0.2) is 36.4 Å². The number of benzene rings is 2. The lowest BCUT2D eigenvalue weighted by molar-refractivity contribution is -0.123. The van der Waals surface area contributed by atoms with E-state index in [4.69, 9.17) is 14.2 Å². The topological polar surface area (TPSA) is 56.8 Å². The zero-order valence-corrected chi connectivity index (χ0v) is 15.4. The van der Waals surface area contributed by atoms with Gasteiger partial charge in [-0.05, 0) is 31.9 Å². The second-order valence-corrected chi connectivity index (χ2v) is 5.99. The maximum Gasteiger partial charge on any atom is 0.258 e. The molecule has 0 saturated carbocycles. The molecule has 0 aliphatic carbocycles. The Hall–Kier alpha value is -2.69. The molecule has 0 aliphatic rings. The van der Waals surface area contributed by atoms with Crippen molar-refractivity contribution in [1.82, 2.24) is 5.32 Å². The number of carbonyl (C=O) groups excluding carboxylic acids is 1. The molecular weight excluding hydrogens is 318 g/mol. The predicted molar refractivity (Wildman–Crippen MR) is 97.5 cm³/mol. The zero-order valence-electron chi connectivity index (χ0n) is 15.4. The van der Waals surface area contributed by atoms with Gasteiger partial charge in [0, 0.05) is 18.2 Å². The van der Waals surface area contributed by atoms with Crippen LogP contribution < -0.4 is 19.5 Å². The number of aryl methyl sites for hydroxylation is 2. The van der Waals surface area contributed by atoms with Gasteiger partial charge in [0.05, 0.1) is 20.3 Å². The van der Waals surface area contributed by atoms with Crippen LogP contribution in [0.3, 0.4) is 0 Å². The standard InChI is InChI=1S/C20H25NO4/c1-13-6-7-19(14(2)8-13)15(3)21-20(22)12-25-18-10-16(23-4)9-17(11-18)24-5/h6-11,15H,12H2,1-5H3,(H,21,22)/t15-/m1/s1. The molecule has 0 bridgehead atoms. The summed E-state index contributed by atoms with van der Waals surface area (Å²) in [4.78, 5) is 12.2. The molecule has 0 aliphatic heterocycles. The van der Waals surface area contributed by atoms with Crippen molar-refractivity contribution < 1.29 is 19.0 Å². The Morgan fingerprint density at radius 2 is 1.60 bits per heavy atom. The summed E-state index contributed by atoms with van der Waals surface area (Å²) in [5.74, 6) is 1.55.